The fourth-order valence-electron chi connectivity index (χ4n) is 1.45. The normalized spacial score (nSPS) is 10.3. The SMILES string of the molecule is Cc1ncsc1CCOc1cccc(C(N)=S)n1. The summed E-state index contributed by atoms with van der Waals surface area (Å²) in [5.74, 6) is 0.544. The van der Waals surface area contributed by atoms with Crippen molar-refractivity contribution in [3.63, 3.8) is 0 Å². The Morgan fingerprint density at radius 1 is 1.50 bits per heavy atom. The van der Waals surface area contributed by atoms with Gasteiger partial charge in [-0.05, 0) is 13.0 Å². The highest BCUT2D eigenvalue weighted by Crippen LogP contribution is 2.14. The van der Waals surface area contributed by atoms with Crippen LogP contribution in [-0.2, 0) is 6.42 Å². The molecule has 0 unspecified atom stereocenters. The first-order valence-corrected chi connectivity index (χ1v) is 6.74. The van der Waals surface area contributed by atoms with Crippen LogP contribution in [0, 0.1) is 6.92 Å². The maximum atomic E-state index is 5.58. The van der Waals surface area contributed by atoms with Gasteiger partial charge in [-0.15, -0.1) is 11.3 Å². The van der Waals surface area contributed by atoms with Crippen LogP contribution in [0.25, 0.3) is 0 Å². The molecule has 2 aromatic heterocycles. The molecule has 18 heavy (non-hydrogen) atoms. The van der Waals surface area contributed by atoms with Gasteiger partial charge in [-0.3, -0.25) is 0 Å². The Morgan fingerprint density at radius 2 is 2.33 bits per heavy atom. The average Bonchev–Trinajstić information content (AvgIpc) is 2.76. The number of thiazole rings is 1. The van der Waals surface area contributed by atoms with Crippen LogP contribution in [0.2, 0.25) is 0 Å². The Bertz CT molecular complexity index is 554. The molecule has 0 atom stereocenters. The number of aromatic nitrogens is 2. The lowest BCUT2D eigenvalue weighted by molar-refractivity contribution is 0.310. The Hall–Kier alpha value is -1.53. The zero-order valence-electron chi connectivity index (χ0n) is 9.92. The lowest BCUT2D eigenvalue weighted by Crippen LogP contribution is -2.12. The second kappa shape index (κ2) is 5.88. The Balaban J connectivity index is 1.92. The van der Waals surface area contributed by atoms with Crippen LogP contribution in [0.1, 0.15) is 16.3 Å². The maximum Gasteiger partial charge on any atom is 0.213 e. The van der Waals surface area contributed by atoms with Crippen molar-refractivity contribution in [3.8, 4) is 5.88 Å². The third-order valence-electron chi connectivity index (χ3n) is 2.40. The van der Waals surface area contributed by atoms with Crippen molar-refractivity contribution in [2.24, 2.45) is 5.73 Å². The van der Waals surface area contributed by atoms with Gasteiger partial charge in [0.2, 0.25) is 5.88 Å². The summed E-state index contributed by atoms with van der Waals surface area (Å²) in [7, 11) is 0. The summed E-state index contributed by atoms with van der Waals surface area (Å²) in [5.41, 5.74) is 9.00. The van der Waals surface area contributed by atoms with Crippen molar-refractivity contribution in [2.75, 3.05) is 6.61 Å². The van der Waals surface area contributed by atoms with Crippen LogP contribution in [0.4, 0.5) is 0 Å². The summed E-state index contributed by atoms with van der Waals surface area (Å²) >= 11 is 6.51. The van der Waals surface area contributed by atoms with Gasteiger partial charge in [0.15, 0.2) is 0 Å². The number of thiocarbonyl (C=S) groups is 1. The maximum absolute atomic E-state index is 5.58. The van der Waals surface area contributed by atoms with Gasteiger partial charge >= 0.3 is 0 Å². The van der Waals surface area contributed by atoms with Crippen LogP contribution in [0.5, 0.6) is 5.88 Å². The lowest BCUT2D eigenvalue weighted by atomic mass is 10.3. The second-order valence-corrected chi connectivity index (χ2v) is 5.06. The molecule has 2 N–H and O–H groups in total. The number of nitrogens with zero attached hydrogens (tertiary/aromatic N) is 2. The van der Waals surface area contributed by atoms with Gasteiger partial charge in [0, 0.05) is 17.4 Å². The number of hydrogen-bond acceptors (Lipinski definition) is 5. The molecule has 0 bridgehead atoms. The quantitative estimate of drug-likeness (QED) is 0.849. The fraction of sp³-hybridized carbons (Fsp3) is 0.250. The van der Waals surface area contributed by atoms with Gasteiger partial charge in [-0.1, -0.05) is 18.3 Å². The van der Waals surface area contributed by atoms with Crippen LogP contribution in [0.15, 0.2) is 23.7 Å². The minimum absolute atomic E-state index is 0.277. The van der Waals surface area contributed by atoms with E-state index >= 15 is 0 Å². The van der Waals surface area contributed by atoms with Crippen LogP contribution in [0.3, 0.4) is 0 Å². The first kappa shape index (κ1) is 12.9. The molecule has 0 spiro atoms. The van der Waals surface area contributed by atoms with E-state index in [1.54, 1.807) is 23.5 Å². The third kappa shape index (κ3) is 3.24. The van der Waals surface area contributed by atoms with E-state index in [2.05, 4.69) is 9.97 Å². The highest BCUT2D eigenvalue weighted by atomic mass is 32.1. The number of hydrogen-bond donors (Lipinski definition) is 1. The Morgan fingerprint density at radius 3 is 3.00 bits per heavy atom. The minimum atomic E-state index is 0.277. The number of rotatable bonds is 5. The molecule has 0 fully saturated rings. The number of nitrogens with two attached hydrogens (primary N) is 1. The van der Waals surface area contributed by atoms with E-state index in [1.165, 1.54) is 4.88 Å². The van der Waals surface area contributed by atoms with E-state index in [0.717, 1.165) is 12.1 Å². The van der Waals surface area contributed by atoms with Gasteiger partial charge < -0.3 is 10.5 Å². The molecular formula is C12H13N3OS2. The predicted octanol–water partition coefficient (Wildman–Crippen LogP) is 2.10. The summed E-state index contributed by atoms with van der Waals surface area (Å²) < 4.78 is 5.58. The van der Waals surface area contributed by atoms with Crippen molar-refractivity contribution >= 4 is 28.5 Å². The Kier molecular flexibility index (Phi) is 4.22. The second-order valence-electron chi connectivity index (χ2n) is 3.68. The smallest absolute Gasteiger partial charge is 0.213 e. The molecule has 94 valence electrons. The topological polar surface area (TPSA) is 61.0 Å². The highest BCUT2D eigenvalue weighted by Gasteiger charge is 2.03. The average molecular weight is 279 g/mol. The van der Waals surface area contributed by atoms with Crippen LogP contribution in [-0.4, -0.2) is 21.6 Å². The fourth-order valence-corrected chi connectivity index (χ4v) is 2.32. The molecule has 0 amide bonds. The van der Waals surface area contributed by atoms with Crippen LogP contribution < -0.4 is 10.5 Å². The number of pyridine rings is 1. The van der Waals surface area contributed by atoms with E-state index in [-0.39, 0.29) is 4.99 Å². The summed E-state index contributed by atoms with van der Waals surface area (Å²) in [6.45, 7) is 2.56. The molecule has 0 aromatic carbocycles. The van der Waals surface area contributed by atoms with E-state index in [1.807, 2.05) is 18.5 Å². The van der Waals surface area contributed by atoms with Crippen molar-refractivity contribution in [2.45, 2.75) is 13.3 Å². The molecule has 0 aliphatic carbocycles. The molecule has 6 heteroatoms. The zero-order chi connectivity index (χ0) is 13.0. The molecule has 0 saturated carbocycles. The molecule has 0 aliphatic rings. The van der Waals surface area contributed by atoms with E-state index in [0.29, 0.717) is 18.2 Å². The Labute approximate surface area is 115 Å². The number of ether oxygens (including phenoxy) is 1. The lowest BCUT2D eigenvalue weighted by Gasteiger charge is -2.05. The van der Waals surface area contributed by atoms with E-state index < -0.39 is 0 Å². The van der Waals surface area contributed by atoms with Crippen molar-refractivity contribution in [3.05, 3.63) is 40.0 Å². The van der Waals surface area contributed by atoms with E-state index in [4.69, 9.17) is 22.7 Å². The molecule has 0 radical (unpaired) electrons. The molecule has 2 aromatic rings. The molecule has 2 rings (SSSR count). The summed E-state index contributed by atoms with van der Waals surface area (Å²) in [4.78, 5) is 9.92. The molecule has 4 nitrogen and oxygen atoms in total. The van der Waals surface area contributed by atoms with Gasteiger partial charge in [-0.25, -0.2) is 9.97 Å². The zero-order valence-corrected chi connectivity index (χ0v) is 11.6. The van der Waals surface area contributed by atoms with Crippen molar-refractivity contribution in [1.29, 1.82) is 0 Å². The first-order valence-electron chi connectivity index (χ1n) is 5.45. The third-order valence-corrected chi connectivity index (χ3v) is 3.60. The summed E-state index contributed by atoms with van der Waals surface area (Å²) in [6.07, 6.45) is 0.829. The summed E-state index contributed by atoms with van der Waals surface area (Å²) in [6, 6.07) is 5.39. The monoisotopic (exact) mass is 279 g/mol. The van der Waals surface area contributed by atoms with Crippen molar-refractivity contribution < 1.29 is 4.74 Å². The van der Waals surface area contributed by atoms with Gasteiger partial charge in [-0.2, -0.15) is 0 Å². The molecular weight excluding hydrogens is 266 g/mol. The van der Waals surface area contributed by atoms with Gasteiger partial charge in [0.05, 0.1) is 17.8 Å². The first-order chi connectivity index (χ1) is 8.66. The molecule has 0 saturated heterocycles. The standard InChI is InChI=1S/C12H13N3OS2/c1-8-10(18-7-14-8)5-6-16-11-4-2-3-9(15-11)12(13)17/h2-4,7H,5-6H2,1H3,(H2,13,17). The van der Waals surface area contributed by atoms with E-state index in [9.17, 15) is 0 Å². The van der Waals surface area contributed by atoms with Crippen molar-refractivity contribution in [1.82, 2.24) is 9.97 Å². The predicted molar refractivity (Wildman–Crippen MR) is 76.2 cm³/mol. The summed E-state index contributed by atoms with van der Waals surface area (Å²) in [5, 5.41) is 0. The minimum Gasteiger partial charge on any atom is -0.477 e. The molecule has 2 heterocycles. The largest absolute Gasteiger partial charge is 0.477 e. The van der Waals surface area contributed by atoms with Gasteiger partial charge in [0.1, 0.15) is 10.7 Å². The number of aryl methyl sites for hydroxylation is 1. The highest BCUT2D eigenvalue weighted by molar-refractivity contribution is 7.80. The molecule has 0 aliphatic heterocycles. The van der Waals surface area contributed by atoms with Gasteiger partial charge in [0.25, 0.3) is 0 Å². The van der Waals surface area contributed by atoms with Crippen LogP contribution >= 0.6 is 23.6 Å².